The highest BCUT2D eigenvalue weighted by Crippen LogP contribution is 2.36. The van der Waals surface area contributed by atoms with E-state index in [9.17, 15) is 4.79 Å². The Kier molecular flexibility index (Phi) is 3.99. The Hall–Kier alpha value is -1.06. The van der Waals surface area contributed by atoms with E-state index in [1.807, 2.05) is 24.3 Å². The zero-order chi connectivity index (χ0) is 14.0. The van der Waals surface area contributed by atoms with E-state index in [0.29, 0.717) is 17.7 Å². The average Bonchev–Trinajstić information content (AvgIpc) is 3.09. The van der Waals surface area contributed by atoms with Crippen LogP contribution in [0, 0.1) is 5.41 Å². The zero-order valence-electron chi connectivity index (χ0n) is 11.7. The smallest absolute Gasteiger partial charge is 0.222 e. The molecule has 2 aliphatic rings. The van der Waals surface area contributed by atoms with Crippen LogP contribution in [0.1, 0.15) is 24.8 Å². The van der Waals surface area contributed by atoms with Gasteiger partial charge in [-0.05, 0) is 43.5 Å². The second-order valence-electron chi connectivity index (χ2n) is 6.12. The van der Waals surface area contributed by atoms with Crippen molar-refractivity contribution in [3.8, 4) is 0 Å². The van der Waals surface area contributed by atoms with Crippen molar-refractivity contribution in [1.82, 2.24) is 10.2 Å². The van der Waals surface area contributed by atoms with Gasteiger partial charge >= 0.3 is 0 Å². The Bertz CT molecular complexity index is 480. The van der Waals surface area contributed by atoms with Gasteiger partial charge in [0.2, 0.25) is 5.91 Å². The molecule has 1 aromatic carbocycles. The summed E-state index contributed by atoms with van der Waals surface area (Å²) in [5.74, 6) is 0.295. The van der Waals surface area contributed by atoms with Gasteiger partial charge in [0.05, 0.1) is 0 Å². The van der Waals surface area contributed by atoms with Crippen LogP contribution in [-0.2, 0) is 11.2 Å². The highest BCUT2D eigenvalue weighted by molar-refractivity contribution is 6.30. The van der Waals surface area contributed by atoms with Crippen molar-refractivity contribution in [2.45, 2.75) is 25.7 Å². The van der Waals surface area contributed by atoms with Crippen molar-refractivity contribution in [2.24, 2.45) is 5.41 Å². The lowest BCUT2D eigenvalue weighted by molar-refractivity contribution is -0.130. The van der Waals surface area contributed by atoms with Gasteiger partial charge in [-0.2, -0.15) is 0 Å². The number of hydrogen-bond donors (Lipinski definition) is 1. The zero-order valence-corrected chi connectivity index (χ0v) is 12.5. The molecule has 0 bridgehead atoms. The van der Waals surface area contributed by atoms with E-state index in [-0.39, 0.29) is 0 Å². The summed E-state index contributed by atoms with van der Waals surface area (Å²) in [6.45, 7) is 4.06. The number of carbonyl (C=O) groups excluding carboxylic acids is 1. The summed E-state index contributed by atoms with van der Waals surface area (Å²) in [4.78, 5) is 14.4. The summed E-state index contributed by atoms with van der Waals surface area (Å²) in [6.07, 6.45) is 3.78. The predicted molar refractivity (Wildman–Crippen MR) is 80.9 cm³/mol. The van der Waals surface area contributed by atoms with Crippen LogP contribution in [-0.4, -0.2) is 37.0 Å². The molecule has 1 N–H and O–H groups in total. The lowest BCUT2D eigenvalue weighted by atomic mass is 9.86. The van der Waals surface area contributed by atoms with Gasteiger partial charge in [-0.15, -0.1) is 0 Å². The van der Waals surface area contributed by atoms with Gasteiger partial charge in [0.25, 0.3) is 0 Å². The third kappa shape index (κ3) is 2.99. The fraction of sp³-hybridized carbons (Fsp3) is 0.562. The van der Waals surface area contributed by atoms with Crippen LogP contribution in [0.3, 0.4) is 0 Å². The summed E-state index contributed by atoms with van der Waals surface area (Å²) in [5.41, 5.74) is 1.55. The minimum absolute atomic E-state index is 0.295. The Morgan fingerprint density at radius 3 is 2.80 bits per heavy atom. The molecular weight excluding hydrogens is 272 g/mol. The minimum atomic E-state index is 0.295. The van der Waals surface area contributed by atoms with Crippen LogP contribution in [0.25, 0.3) is 0 Å². The van der Waals surface area contributed by atoms with E-state index in [1.54, 1.807) is 0 Å². The molecule has 0 aromatic heterocycles. The summed E-state index contributed by atoms with van der Waals surface area (Å²) < 4.78 is 0. The Morgan fingerprint density at radius 1 is 1.30 bits per heavy atom. The van der Waals surface area contributed by atoms with Crippen LogP contribution in [0.2, 0.25) is 5.02 Å². The van der Waals surface area contributed by atoms with E-state index in [4.69, 9.17) is 11.6 Å². The third-order valence-electron chi connectivity index (χ3n) is 4.66. The molecule has 2 heterocycles. The molecule has 1 atom stereocenters. The molecule has 1 spiro atoms. The molecule has 108 valence electrons. The third-order valence-corrected chi connectivity index (χ3v) is 4.92. The molecule has 1 unspecified atom stereocenters. The van der Waals surface area contributed by atoms with Crippen LogP contribution < -0.4 is 5.32 Å². The number of nitrogens with zero attached hydrogens (tertiary/aromatic N) is 1. The fourth-order valence-corrected chi connectivity index (χ4v) is 3.48. The Labute approximate surface area is 125 Å². The molecule has 4 heteroatoms. The molecule has 0 radical (unpaired) electrons. The predicted octanol–water partition coefficient (Wildman–Crippen LogP) is 2.48. The number of likely N-dealkylation sites (tertiary alicyclic amines) is 1. The summed E-state index contributed by atoms with van der Waals surface area (Å²) in [6, 6.07) is 7.77. The number of rotatable bonds is 3. The van der Waals surface area contributed by atoms with Crippen LogP contribution in [0.5, 0.6) is 0 Å². The summed E-state index contributed by atoms with van der Waals surface area (Å²) in [5, 5.41) is 4.17. The number of carbonyl (C=O) groups is 1. The van der Waals surface area contributed by atoms with Crippen molar-refractivity contribution < 1.29 is 4.79 Å². The second kappa shape index (κ2) is 5.74. The van der Waals surface area contributed by atoms with Crippen molar-refractivity contribution >= 4 is 17.5 Å². The molecule has 0 aliphatic carbocycles. The van der Waals surface area contributed by atoms with Crippen molar-refractivity contribution in [2.75, 3.05) is 26.2 Å². The maximum Gasteiger partial charge on any atom is 0.222 e. The number of amides is 1. The van der Waals surface area contributed by atoms with E-state index in [0.717, 1.165) is 44.0 Å². The van der Waals surface area contributed by atoms with E-state index in [2.05, 4.69) is 10.2 Å². The maximum atomic E-state index is 12.3. The van der Waals surface area contributed by atoms with Crippen molar-refractivity contribution in [3.63, 3.8) is 0 Å². The number of benzene rings is 1. The monoisotopic (exact) mass is 292 g/mol. The van der Waals surface area contributed by atoms with Gasteiger partial charge in [0, 0.05) is 36.5 Å². The first-order valence-corrected chi connectivity index (χ1v) is 7.78. The topological polar surface area (TPSA) is 32.3 Å². The van der Waals surface area contributed by atoms with Crippen molar-refractivity contribution in [3.05, 3.63) is 34.9 Å². The molecular formula is C16H21ClN2O. The first-order valence-electron chi connectivity index (χ1n) is 7.40. The Balaban J connectivity index is 1.51. The molecule has 2 saturated heterocycles. The maximum absolute atomic E-state index is 12.3. The molecule has 1 aromatic rings. The molecule has 2 fully saturated rings. The van der Waals surface area contributed by atoms with Gasteiger partial charge in [0.15, 0.2) is 0 Å². The fourth-order valence-electron chi connectivity index (χ4n) is 3.35. The van der Waals surface area contributed by atoms with Crippen molar-refractivity contribution in [1.29, 1.82) is 0 Å². The summed E-state index contributed by atoms with van der Waals surface area (Å²) >= 11 is 5.87. The second-order valence-corrected chi connectivity index (χ2v) is 6.55. The van der Waals surface area contributed by atoms with Gasteiger partial charge in [-0.25, -0.2) is 0 Å². The van der Waals surface area contributed by atoms with Gasteiger partial charge in [-0.3, -0.25) is 4.79 Å². The molecule has 3 rings (SSSR count). The first kappa shape index (κ1) is 13.9. The van der Waals surface area contributed by atoms with Crippen LogP contribution >= 0.6 is 11.6 Å². The van der Waals surface area contributed by atoms with E-state index >= 15 is 0 Å². The first-order chi connectivity index (χ1) is 9.67. The Morgan fingerprint density at radius 2 is 2.10 bits per heavy atom. The summed E-state index contributed by atoms with van der Waals surface area (Å²) in [7, 11) is 0. The molecule has 20 heavy (non-hydrogen) atoms. The lowest BCUT2D eigenvalue weighted by Gasteiger charge is -2.22. The van der Waals surface area contributed by atoms with Crippen LogP contribution in [0.4, 0.5) is 0 Å². The van der Waals surface area contributed by atoms with E-state index < -0.39 is 0 Å². The molecule has 3 nitrogen and oxygen atoms in total. The quantitative estimate of drug-likeness (QED) is 0.928. The number of nitrogens with one attached hydrogen (secondary N) is 1. The largest absolute Gasteiger partial charge is 0.342 e. The highest BCUT2D eigenvalue weighted by atomic mass is 35.5. The average molecular weight is 293 g/mol. The lowest BCUT2D eigenvalue weighted by Crippen LogP contribution is -2.33. The number of aryl methyl sites for hydroxylation is 1. The highest BCUT2D eigenvalue weighted by Gasteiger charge is 2.41. The molecule has 2 aliphatic heterocycles. The minimum Gasteiger partial charge on any atom is -0.342 e. The van der Waals surface area contributed by atoms with Gasteiger partial charge in [-0.1, -0.05) is 23.7 Å². The normalized spacial score (nSPS) is 25.6. The van der Waals surface area contributed by atoms with Crippen LogP contribution in [0.15, 0.2) is 24.3 Å². The van der Waals surface area contributed by atoms with Gasteiger partial charge in [0.1, 0.15) is 0 Å². The van der Waals surface area contributed by atoms with E-state index in [1.165, 1.54) is 12.0 Å². The van der Waals surface area contributed by atoms with Gasteiger partial charge < -0.3 is 10.2 Å². The molecule has 1 amide bonds. The molecule has 0 saturated carbocycles. The SMILES string of the molecule is O=C(CCc1ccc(Cl)cc1)N1CCC2(CCNC2)C1. The standard InChI is InChI=1S/C16H21ClN2O/c17-14-4-1-13(2-5-14)3-6-15(20)19-10-8-16(12-19)7-9-18-11-16/h1-2,4-5,18H,3,6-12H2. The number of hydrogen-bond acceptors (Lipinski definition) is 2. The number of halogens is 1.